The predicted octanol–water partition coefficient (Wildman–Crippen LogP) is 4.72. The van der Waals surface area contributed by atoms with Crippen LogP contribution in [0.5, 0.6) is 5.75 Å². The Bertz CT molecular complexity index is 1480. The molecule has 0 bridgehead atoms. The molecule has 0 saturated carbocycles. The SMILES string of the molecule is COc1ccc(-c2cc(C(=O)Nc3ccc(C)c(S(=O)(=O)N(C)C)c3)c3ccccc3n2)cc1. The Morgan fingerprint density at radius 1 is 0.971 bits per heavy atom. The normalized spacial score (nSPS) is 11.6. The van der Waals surface area contributed by atoms with Crippen molar-refractivity contribution in [1.82, 2.24) is 9.29 Å². The number of methoxy groups -OCH3 is 1. The fourth-order valence-corrected chi connectivity index (χ4v) is 4.77. The van der Waals surface area contributed by atoms with Gasteiger partial charge in [-0.3, -0.25) is 4.79 Å². The maximum Gasteiger partial charge on any atom is 0.256 e. The Kier molecular flexibility index (Phi) is 6.37. The molecule has 0 saturated heterocycles. The lowest BCUT2D eigenvalue weighted by Gasteiger charge is -2.15. The zero-order valence-corrected chi connectivity index (χ0v) is 20.2. The van der Waals surface area contributed by atoms with Gasteiger partial charge in [0.05, 0.1) is 28.8 Å². The van der Waals surface area contributed by atoms with Crippen LogP contribution in [0.15, 0.2) is 77.7 Å². The Labute approximate surface area is 199 Å². The molecule has 1 aromatic heterocycles. The van der Waals surface area contributed by atoms with E-state index in [1.807, 2.05) is 48.5 Å². The number of nitrogens with zero attached hydrogens (tertiary/aromatic N) is 2. The van der Waals surface area contributed by atoms with Crippen molar-refractivity contribution in [2.24, 2.45) is 0 Å². The number of carbonyl (C=O) groups excluding carboxylic acids is 1. The summed E-state index contributed by atoms with van der Waals surface area (Å²) in [4.78, 5) is 18.2. The van der Waals surface area contributed by atoms with E-state index in [4.69, 9.17) is 9.72 Å². The number of benzene rings is 3. The van der Waals surface area contributed by atoms with Crippen LogP contribution in [0.2, 0.25) is 0 Å². The van der Waals surface area contributed by atoms with E-state index >= 15 is 0 Å². The van der Waals surface area contributed by atoms with E-state index in [1.54, 1.807) is 32.2 Å². The number of hydrogen-bond donors (Lipinski definition) is 1. The molecule has 34 heavy (non-hydrogen) atoms. The van der Waals surface area contributed by atoms with Crippen LogP contribution in [0.3, 0.4) is 0 Å². The fraction of sp³-hybridized carbons (Fsp3) is 0.154. The predicted molar refractivity (Wildman–Crippen MR) is 134 cm³/mol. The van der Waals surface area contributed by atoms with E-state index < -0.39 is 10.0 Å². The fourth-order valence-electron chi connectivity index (χ4n) is 3.62. The van der Waals surface area contributed by atoms with Crippen LogP contribution in [0.1, 0.15) is 15.9 Å². The molecule has 1 N–H and O–H groups in total. The zero-order valence-electron chi connectivity index (χ0n) is 19.4. The number of rotatable bonds is 6. The van der Waals surface area contributed by atoms with Crippen molar-refractivity contribution in [3.05, 3.63) is 83.9 Å². The molecule has 0 atom stereocenters. The highest BCUT2D eigenvalue weighted by Gasteiger charge is 2.21. The number of nitrogens with one attached hydrogen (secondary N) is 1. The summed E-state index contributed by atoms with van der Waals surface area (Å²) >= 11 is 0. The molecular weight excluding hydrogens is 450 g/mol. The molecule has 4 aromatic rings. The zero-order chi connectivity index (χ0) is 24.5. The first kappa shape index (κ1) is 23.4. The van der Waals surface area contributed by atoms with Gasteiger partial charge in [-0.05, 0) is 61.0 Å². The van der Waals surface area contributed by atoms with Crippen molar-refractivity contribution in [2.45, 2.75) is 11.8 Å². The van der Waals surface area contributed by atoms with E-state index in [1.165, 1.54) is 20.2 Å². The standard InChI is InChI=1S/C26H25N3O4S/c1-17-9-12-19(15-25(17)34(31,32)29(2)3)27-26(30)22-16-24(18-10-13-20(33-4)14-11-18)28-23-8-6-5-7-21(22)23/h5-16H,1-4H3,(H,27,30). The number of carbonyl (C=O) groups is 1. The second-order valence-corrected chi connectivity index (χ2v) is 10.1. The van der Waals surface area contributed by atoms with E-state index in [0.29, 0.717) is 33.4 Å². The minimum atomic E-state index is -3.65. The number of pyridine rings is 1. The number of amides is 1. The van der Waals surface area contributed by atoms with Crippen LogP contribution in [0, 0.1) is 6.92 Å². The third kappa shape index (κ3) is 4.50. The molecule has 1 heterocycles. The molecule has 0 spiro atoms. The third-order valence-electron chi connectivity index (χ3n) is 5.55. The van der Waals surface area contributed by atoms with Gasteiger partial charge in [0.2, 0.25) is 10.0 Å². The summed E-state index contributed by atoms with van der Waals surface area (Å²) in [5.41, 5.74) is 3.60. The topological polar surface area (TPSA) is 88.6 Å². The van der Waals surface area contributed by atoms with E-state index in [-0.39, 0.29) is 10.8 Å². The summed E-state index contributed by atoms with van der Waals surface area (Å²) in [6, 6.07) is 21.5. The first-order valence-corrected chi connectivity index (χ1v) is 12.0. The lowest BCUT2D eigenvalue weighted by Crippen LogP contribution is -2.23. The first-order chi connectivity index (χ1) is 16.2. The van der Waals surface area contributed by atoms with Crippen LogP contribution >= 0.6 is 0 Å². The molecule has 8 heteroatoms. The highest BCUT2D eigenvalue weighted by atomic mass is 32.2. The highest BCUT2D eigenvalue weighted by molar-refractivity contribution is 7.89. The number of para-hydroxylation sites is 1. The Morgan fingerprint density at radius 2 is 1.68 bits per heavy atom. The maximum atomic E-state index is 13.4. The first-order valence-electron chi connectivity index (χ1n) is 10.6. The average molecular weight is 476 g/mol. The van der Waals surface area contributed by atoms with Crippen LogP contribution in [-0.2, 0) is 10.0 Å². The average Bonchev–Trinajstić information content (AvgIpc) is 2.84. The number of aromatic nitrogens is 1. The number of ether oxygens (including phenoxy) is 1. The second-order valence-electron chi connectivity index (χ2n) is 8.02. The van der Waals surface area contributed by atoms with Crippen molar-refractivity contribution in [3.8, 4) is 17.0 Å². The van der Waals surface area contributed by atoms with Crippen molar-refractivity contribution in [2.75, 3.05) is 26.5 Å². The largest absolute Gasteiger partial charge is 0.497 e. The molecule has 0 radical (unpaired) electrons. The number of hydrogen-bond acceptors (Lipinski definition) is 5. The summed E-state index contributed by atoms with van der Waals surface area (Å²) in [7, 11) is 0.903. The minimum absolute atomic E-state index is 0.147. The van der Waals surface area contributed by atoms with Gasteiger partial charge in [-0.2, -0.15) is 0 Å². The Morgan fingerprint density at radius 3 is 2.35 bits per heavy atom. The van der Waals surface area contributed by atoms with Crippen molar-refractivity contribution < 1.29 is 17.9 Å². The van der Waals surface area contributed by atoms with Gasteiger partial charge in [-0.1, -0.05) is 24.3 Å². The summed E-state index contributed by atoms with van der Waals surface area (Å²) in [6.07, 6.45) is 0. The molecule has 174 valence electrons. The molecule has 0 aliphatic heterocycles. The van der Waals surface area contributed by atoms with Crippen molar-refractivity contribution in [3.63, 3.8) is 0 Å². The van der Waals surface area contributed by atoms with Gasteiger partial charge < -0.3 is 10.1 Å². The van der Waals surface area contributed by atoms with Gasteiger partial charge in [0.1, 0.15) is 5.75 Å². The number of aryl methyl sites for hydroxylation is 1. The molecular formula is C26H25N3O4S. The van der Waals surface area contributed by atoms with E-state index in [2.05, 4.69) is 5.32 Å². The minimum Gasteiger partial charge on any atom is -0.497 e. The van der Waals surface area contributed by atoms with E-state index in [9.17, 15) is 13.2 Å². The lowest BCUT2D eigenvalue weighted by atomic mass is 10.0. The third-order valence-corrected chi connectivity index (χ3v) is 7.51. The number of sulfonamides is 1. The van der Waals surface area contributed by atoms with Crippen LogP contribution in [0.4, 0.5) is 5.69 Å². The number of fused-ring (bicyclic) bond motifs is 1. The molecule has 1 amide bonds. The quantitative estimate of drug-likeness (QED) is 0.436. The lowest BCUT2D eigenvalue weighted by molar-refractivity contribution is 0.102. The van der Waals surface area contributed by atoms with Gasteiger partial charge in [0, 0.05) is 30.7 Å². The molecule has 0 aliphatic carbocycles. The summed E-state index contributed by atoms with van der Waals surface area (Å²) in [6.45, 7) is 1.72. The van der Waals surface area contributed by atoms with Crippen LogP contribution in [0.25, 0.3) is 22.2 Å². The second kappa shape index (κ2) is 9.24. The van der Waals surface area contributed by atoms with Crippen molar-refractivity contribution >= 4 is 32.5 Å². The van der Waals surface area contributed by atoms with Crippen molar-refractivity contribution in [1.29, 1.82) is 0 Å². The smallest absolute Gasteiger partial charge is 0.256 e. The molecule has 0 unspecified atom stereocenters. The summed E-state index contributed by atoms with van der Waals surface area (Å²) in [5.74, 6) is 0.371. The molecule has 4 rings (SSSR count). The van der Waals surface area contributed by atoms with Gasteiger partial charge in [0.25, 0.3) is 5.91 Å². The van der Waals surface area contributed by atoms with Gasteiger partial charge in [0.15, 0.2) is 0 Å². The summed E-state index contributed by atoms with van der Waals surface area (Å²) < 4.78 is 31.7. The van der Waals surface area contributed by atoms with Gasteiger partial charge in [-0.25, -0.2) is 17.7 Å². The van der Waals surface area contributed by atoms with Crippen LogP contribution in [-0.4, -0.2) is 44.8 Å². The molecule has 7 nitrogen and oxygen atoms in total. The highest BCUT2D eigenvalue weighted by Crippen LogP contribution is 2.28. The van der Waals surface area contributed by atoms with Gasteiger partial charge >= 0.3 is 0 Å². The summed E-state index contributed by atoms with van der Waals surface area (Å²) in [5, 5.41) is 3.56. The monoisotopic (exact) mass is 475 g/mol. The Balaban J connectivity index is 1.76. The molecule has 3 aromatic carbocycles. The molecule has 0 aliphatic rings. The Hall–Kier alpha value is -3.75. The maximum absolute atomic E-state index is 13.4. The van der Waals surface area contributed by atoms with Gasteiger partial charge in [-0.15, -0.1) is 0 Å². The number of anilines is 1. The van der Waals surface area contributed by atoms with E-state index in [0.717, 1.165) is 15.6 Å². The van der Waals surface area contributed by atoms with Crippen LogP contribution < -0.4 is 10.1 Å². The molecule has 0 fully saturated rings.